The zero-order chi connectivity index (χ0) is 11.9. The molecule has 1 fully saturated rings. The van der Waals surface area contributed by atoms with Gasteiger partial charge in [-0.1, -0.05) is 32.1 Å². The summed E-state index contributed by atoms with van der Waals surface area (Å²) in [5, 5.41) is 3.54. The molecule has 96 valence electrons. The molecule has 1 heterocycles. The van der Waals surface area contributed by atoms with Gasteiger partial charge in [0.25, 0.3) is 0 Å². The number of nitrogens with one attached hydrogen (secondary N) is 1. The van der Waals surface area contributed by atoms with Gasteiger partial charge in [-0.15, -0.1) is 11.3 Å². The summed E-state index contributed by atoms with van der Waals surface area (Å²) in [5.41, 5.74) is 1.94. The van der Waals surface area contributed by atoms with Crippen LogP contribution >= 0.6 is 11.3 Å². The van der Waals surface area contributed by atoms with Crippen LogP contribution in [0.1, 0.15) is 49.8 Å². The molecule has 1 aromatic rings. The Bertz CT molecular complexity index is 289. The molecule has 1 atom stereocenters. The Morgan fingerprint density at radius 3 is 2.59 bits per heavy atom. The normalized spacial score (nSPS) is 20.8. The van der Waals surface area contributed by atoms with Gasteiger partial charge >= 0.3 is 0 Å². The second kappa shape index (κ2) is 7.12. The van der Waals surface area contributed by atoms with E-state index in [0.717, 1.165) is 12.3 Å². The first-order valence-electron chi connectivity index (χ1n) is 6.95. The van der Waals surface area contributed by atoms with Gasteiger partial charge in [0.2, 0.25) is 0 Å². The third-order valence-corrected chi connectivity index (χ3v) is 4.80. The van der Waals surface area contributed by atoms with Crippen molar-refractivity contribution < 1.29 is 0 Å². The van der Waals surface area contributed by atoms with Crippen LogP contribution < -0.4 is 5.32 Å². The lowest BCUT2D eigenvalue weighted by Gasteiger charge is -2.28. The van der Waals surface area contributed by atoms with Crippen LogP contribution in [0.4, 0.5) is 0 Å². The fraction of sp³-hybridized carbons (Fsp3) is 0.786. The molecule has 1 aromatic heterocycles. The first-order chi connectivity index (χ1) is 8.40. The molecule has 0 saturated heterocycles. The van der Waals surface area contributed by atoms with Gasteiger partial charge in [-0.25, -0.2) is 0 Å². The van der Waals surface area contributed by atoms with Crippen LogP contribution in [0.5, 0.6) is 0 Å². The maximum absolute atomic E-state index is 4.18. The van der Waals surface area contributed by atoms with Crippen molar-refractivity contribution in [2.24, 2.45) is 5.92 Å². The highest BCUT2D eigenvalue weighted by molar-refractivity contribution is 7.09. The first-order valence-corrected chi connectivity index (χ1v) is 7.82. The Balaban J connectivity index is 1.90. The van der Waals surface area contributed by atoms with Gasteiger partial charge in [0.15, 0.2) is 0 Å². The number of nitrogens with zero attached hydrogens (tertiary/aromatic N) is 1. The molecule has 1 unspecified atom stereocenters. The van der Waals surface area contributed by atoms with E-state index in [2.05, 4.69) is 17.3 Å². The molecule has 0 spiro atoms. The largest absolute Gasteiger partial charge is 0.316 e. The predicted molar refractivity (Wildman–Crippen MR) is 74.5 cm³/mol. The fourth-order valence-electron chi connectivity index (χ4n) is 2.95. The van der Waals surface area contributed by atoms with E-state index in [1.807, 2.05) is 11.7 Å². The fourth-order valence-corrected chi connectivity index (χ4v) is 3.61. The number of thiazole rings is 1. The molecule has 1 saturated carbocycles. The summed E-state index contributed by atoms with van der Waals surface area (Å²) in [5.74, 6) is 0.863. The SMILES string of the molecule is CNC(Cc1cncs1)C1CCCCCCC1. The van der Waals surface area contributed by atoms with Crippen LogP contribution in [0.25, 0.3) is 0 Å². The smallest absolute Gasteiger partial charge is 0.0794 e. The van der Waals surface area contributed by atoms with Gasteiger partial charge in [-0.3, -0.25) is 4.98 Å². The summed E-state index contributed by atoms with van der Waals surface area (Å²) in [6.45, 7) is 0. The lowest BCUT2D eigenvalue weighted by Crippen LogP contribution is -2.35. The molecule has 1 aliphatic rings. The van der Waals surface area contributed by atoms with Crippen LogP contribution in [0.2, 0.25) is 0 Å². The molecule has 17 heavy (non-hydrogen) atoms. The molecule has 0 amide bonds. The number of rotatable bonds is 4. The van der Waals surface area contributed by atoms with Crippen molar-refractivity contribution in [3.63, 3.8) is 0 Å². The van der Waals surface area contributed by atoms with Crippen LogP contribution in [0.3, 0.4) is 0 Å². The highest BCUT2D eigenvalue weighted by atomic mass is 32.1. The summed E-state index contributed by atoms with van der Waals surface area (Å²) in [6, 6.07) is 0.647. The van der Waals surface area contributed by atoms with Crippen molar-refractivity contribution in [2.75, 3.05) is 7.05 Å². The van der Waals surface area contributed by atoms with E-state index < -0.39 is 0 Å². The molecular weight excluding hydrogens is 228 g/mol. The molecule has 1 N–H and O–H groups in total. The van der Waals surface area contributed by atoms with Crippen molar-refractivity contribution in [1.82, 2.24) is 10.3 Å². The van der Waals surface area contributed by atoms with Crippen LogP contribution in [0, 0.1) is 5.92 Å². The van der Waals surface area contributed by atoms with E-state index in [9.17, 15) is 0 Å². The molecular formula is C14H24N2S. The third kappa shape index (κ3) is 4.07. The average Bonchev–Trinajstić information content (AvgIpc) is 2.79. The summed E-state index contributed by atoms with van der Waals surface area (Å²) in [6.07, 6.45) is 13.2. The van der Waals surface area contributed by atoms with Gasteiger partial charge in [-0.2, -0.15) is 0 Å². The number of likely N-dealkylation sites (N-methyl/N-ethyl adjacent to an activating group) is 1. The molecule has 1 aliphatic carbocycles. The van der Waals surface area contributed by atoms with E-state index in [4.69, 9.17) is 0 Å². The lowest BCUT2D eigenvalue weighted by atomic mass is 9.84. The zero-order valence-corrected chi connectivity index (χ0v) is 11.6. The number of aromatic nitrogens is 1. The second-order valence-corrected chi connectivity index (χ2v) is 6.14. The van der Waals surface area contributed by atoms with E-state index in [-0.39, 0.29) is 0 Å². The Morgan fingerprint density at radius 2 is 2.00 bits per heavy atom. The lowest BCUT2D eigenvalue weighted by molar-refractivity contribution is 0.294. The van der Waals surface area contributed by atoms with Gasteiger partial charge in [-0.05, 0) is 32.2 Å². The summed E-state index contributed by atoms with van der Waals surface area (Å²) in [4.78, 5) is 5.60. The van der Waals surface area contributed by atoms with Crippen molar-refractivity contribution >= 4 is 11.3 Å². The summed E-state index contributed by atoms with van der Waals surface area (Å²) >= 11 is 1.79. The summed E-state index contributed by atoms with van der Waals surface area (Å²) < 4.78 is 0. The quantitative estimate of drug-likeness (QED) is 0.885. The monoisotopic (exact) mass is 252 g/mol. The van der Waals surface area contributed by atoms with Gasteiger partial charge < -0.3 is 5.32 Å². The predicted octanol–water partition coefficient (Wildman–Crippen LogP) is 3.63. The molecule has 0 bridgehead atoms. The molecule has 3 heteroatoms. The van der Waals surface area contributed by atoms with Crippen LogP contribution in [0.15, 0.2) is 11.7 Å². The Morgan fingerprint density at radius 1 is 1.29 bits per heavy atom. The minimum Gasteiger partial charge on any atom is -0.316 e. The van der Waals surface area contributed by atoms with Crippen LogP contribution in [-0.2, 0) is 6.42 Å². The van der Waals surface area contributed by atoms with Gasteiger partial charge in [0, 0.05) is 17.1 Å². The molecule has 2 rings (SSSR count). The Kier molecular flexibility index (Phi) is 5.46. The number of hydrogen-bond donors (Lipinski definition) is 1. The first kappa shape index (κ1) is 13.0. The third-order valence-electron chi connectivity index (χ3n) is 3.99. The minimum absolute atomic E-state index is 0.647. The maximum Gasteiger partial charge on any atom is 0.0794 e. The van der Waals surface area contributed by atoms with Crippen molar-refractivity contribution in [3.05, 3.63) is 16.6 Å². The maximum atomic E-state index is 4.18. The summed E-state index contributed by atoms with van der Waals surface area (Å²) in [7, 11) is 2.12. The van der Waals surface area contributed by atoms with E-state index >= 15 is 0 Å². The Labute approximate surface area is 109 Å². The standard InChI is InChI=1S/C14H24N2S/c1-15-14(9-13-10-16-11-17-13)12-7-5-3-2-4-6-8-12/h10-12,14-15H,2-9H2,1H3. The topological polar surface area (TPSA) is 24.9 Å². The molecule has 2 nitrogen and oxygen atoms in total. The minimum atomic E-state index is 0.647. The second-order valence-electron chi connectivity index (χ2n) is 5.17. The van der Waals surface area contributed by atoms with Gasteiger partial charge in [0.05, 0.1) is 5.51 Å². The van der Waals surface area contributed by atoms with Gasteiger partial charge in [0.1, 0.15) is 0 Å². The van der Waals surface area contributed by atoms with E-state index in [1.165, 1.54) is 49.8 Å². The molecule has 0 radical (unpaired) electrons. The molecule has 0 aliphatic heterocycles. The van der Waals surface area contributed by atoms with Crippen LogP contribution in [-0.4, -0.2) is 18.1 Å². The highest BCUT2D eigenvalue weighted by Gasteiger charge is 2.21. The molecule has 0 aromatic carbocycles. The zero-order valence-electron chi connectivity index (χ0n) is 10.8. The number of hydrogen-bond acceptors (Lipinski definition) is 3. The van der Waals surface area contributed by atoms with Crippen molar-refractivity contribution in [3.8, 4) is 0 Å². The Hall–Kier alpha value is -0.410. The average molecular weight is 252 g/mol. The van der Waals surface area contributed by atoms with E-state index in [1.54, 1.807) is 11.3 Å². The van der Waals surface area contributed by atoms with Crippen molar-refractivity contribution in [1.29, 1.82) is 0 Å². The van der Waals surface area contributed by atoms with E-state index in [0.29, 0.717) is 6.04 Å². The van der Waals surface area contributed by atoms with Crippen molar-refractivity contribution in [2.45, 2.75) is 57.4 Å². The highest BCUT2D eigenvalue weighted by Crippen LogP contribution is 2.26.